The second-order valence-electron chi connectivity index (χ2n) is 7.08. The van der Waals surface area contributed by atoms with Gasteiger partial charge in [0.2, 0.25) is 11.8 Å². The fraction of sp³-hybridized carbons (Fsp3) is 0.429. The molecule has 1 saturated heterocycles. The van der Waals surface area contributed by atoms with Crippen molar-refractivity contribution >= 4 is 11.8 Å². The Balaban J connectivity index is 1.57. The second-order valence-corrected chi connectivity index (χ2v) is 7.08. The molecule has 0 spiro atoms. The number of nitrogens with one attached hydrogen (secondary N) is 1. The summed E-state index contributed by atoms with van der Waals surface area (Å²) in [5.74, 6) is 0.962. The van der Waals surface area contributed by atoms with Crippen LogP contribution in [0.2, 0.25) is 0 Å². The maximum absolute atomic E-state index is 12.8. The Morgan fingerprint density at radius 1 is 1.04 bits per heavy atom. The average Bonchev–Trinajstić information content (AvgIpc) is 3.14. The molecule has 0 radical (unpaired) electrons. The highest BCUT2D eigenvalue weighted by Gasteiger charge is 2.25. The number of rotatable bonds is 5. The van der Waals surface area contributed by atoms with E-state index < -0.39 is 0 Å². The van der Waals surface area contributed by atoms with Crippen LogP contribution in [-0.2, 0) is 22.4 Å². The zero-order chi connectivity index (χ0) is 19.4. The predicted octanol–water partition coefficient (Wildman–Crippen LogP) is 2.10. The van der Waals surface area contributed by atoms with Crippen molar-refractivity contribution in [3.05, 3.63) is 52.8 Å². The van der Waals surface area contributed by atoms with E-state index in [1.165, 1.54) is 0 Å². The normalized spacial score (nSPS) is 14.3. The minimum atomic E-state index is 0.0785. The molecule has 1 aromatic carbocycles. The first kappa shape index (κ1) is 19.0. The largest absolute Gasteiger partial charge is 0.496 e. The minimum absolute atomic E-state index is 0.0785. The molecular weight excluding hydrogens is 342 g/mol. The van der Waals surface area contributed by atoms with Gasteiger partial charge in [0.05, 0.1) is 20.0 Å². The second kappa shape index (κ2) is 8.29. The molecule has 1 aliphatic heterocycles. The summed E-state index contributed by atoms with van der Waals surface area (Å²) in [5, 5.41) is 0. The number of aromatic nitrogens is 1. The van der Waals surface area contributed by atoms with Gasteiger partial charge in [-0.2, -0.15) is 0 Å². The number of ether oxygens (including phenoxy) is 1. The van der Waals surface area contributed by atoms with Crippen LogP contribution in [0.15, 0.2) is 30.5 Å². The van der Waals surface area contributed by atoms with Gasteiger partial charge in [0.25, 0.3) is 0 Å². The predicted molar refractivity (Wildman–Crippen MR) is 104 cm³/mol. The third-order valence-corrected chi connectivity index (χ3v) is 5.03. The Bertz CT molecular complexity index is 806. The molecule has 0 aliphatic carbocycles. The van der Waals surface area contributed by atoms with Gasteiger partial charge in [-0.25, -0.2) is 0 Å². The van der Waals surface area contributed by atoms with E-state index in [4.69, 9.17) is 4.74 Å². The Hall–Kier alpha value is -2.76. The van der Waals surface area contributed by atoms with Gasteiger partial charge in [-0.05, 0) is 31.5 Å². The van der Waals surface area contributed by atoms with Crippen LogP contribution in [0, 0.1) is 13.8 Å². The SMILES string of the molecule is COc1c(C)cc(C)cc1CC(=O)N1CCN(C(=O)Cc2ccc[nH]2)CC1. The Morgan fingerprint density at radius 3 is 2.22 bits per heavy atom. The molecule has 144 valence electrons. The highest BCUT2D eigenvalue weighted by Crippen LogP contribution is 2.26. The molecule has 6 nitrogen and oxygen atoms in total. The zero-order valence-electron chi connectivity index (χ0n) is 16.2. The Kier molecular flexibility index (Phi) is 5.84. The van der Waals surface area contributed by atoms with Crippen LogP contribution in [0.25, 0.3) is 0 Å². The van der Waals surface area contributed by atoms with Gasteiger partial charge in [-0.1, -0.05) is 17.7 Å². The molecule has 1 fully saturated rings. The smallest absolute Gasteiger partial charge is 0.228 e. The van der Waals surface area contributed by atoms with Crippen molar-refractivity contribution in [3.63, 3.8) is 0 Å². The van der Waals surface area contributed by atoms with Crippen molar-refractivity contribution < 1.29 is 14.3 Å². The number of benzene rings is 1. The van der Waals surface area contributed by atoms with Crippen molar-refractivity contribution in [2.75, 3.05) is 33.3 Å². The van der Waals surface area contributed by atoms with E-state index in [2.05, 4.69) is 11.1 Å². The quantitative estimate of drug-likeness (QED) is 0.878. The summed E-state index contributed by atoms with van der Waals surface area (Å²) in [4.78, 5) is 31.9. The molecule has 3 rings (SSSR count). The lowest BCUT2D eigenvalue weighted by molar-refractivity contribution is -0.138. The van der Waals surface area contributed by atoms with E-state index in [9.17, 15) is 9.59 Å². The van der Waals surface area contributed by atoms with Crippen molar-refractivity contribution in [1.29, 1.82) is 0 Å². The van der Waals surface area contributed by atoms with Crippen LogP contribution in [0.1, 0.15) is 22.4 Å². The van der Waals surface area contributed by atoms with E-state index in [0.29, 0.717) is 39.0 Å². The van der Waals surface area contributed by atoms with Crippen molar-refractivity contribution in [2.45, 2.75) is 26.7 Å². The molecule has 1 aromatic heterocycles. The standard InChI is InChI=1S/C21H27N3O3/c1-15-11-16(2)21(27-3)17(12-15)13-19(25)23-7-9-24(10-8-23)20(26)14-18-5-4-6-22-18/h4-6,11-12,22H,7-10,13-14H2,1-3H3. The van der Waals surface area contributed by atoms with Gasteiger partial charge in [0.15, 0.2) is 0 Å². The first-order valence-electron chi connectivity index (χ1n) is 9.30. The van der Waals surface area contributed by atoms with E-state index in [-0.39, 0.29) is 11.8 Å². The number of hydrogen-bond donors (Lipinski definition) is 1. The van der Waals surface area contributed by atoms with Gasteiger partial charge < -0.3 is 19.5 Å². The summed E-state index contributed by atoms with van der Waals surface area (Å²) in [5.41, 5.74) is 4.00. The molecule has 0 bridgehead atoms. The molecule has 0 saturated carbocycles. The summed E-state index contributed by atoms with van der Waals surface area (Å²) in [6.45, 7) is 6.32. The lowest BCUT2D eigenvalue weighted by Crippen LogP contribution is -2.51. The Labute approximate surface area is 160 Å². The van der Waals surface area contributed by atoms with Crippen molar-refractivity contribution in [1.82, 2.24) is 14.8 Å². The third kappa shape index (κ3) is 4.51. The summed E-state index contributed by atoms with van der Waals surface area (Å²) < 4.78 is 5.49. The number of amides is 2. The molecule has 0 unspecified atom stereocenters. The van der Waals surface area contributed by atoms with Gasteiger partial charge in [-0.15, -0.1) is 0 Å². The van der Waals surface area contributed by atoms with Gasteiger partial charge in [0, 0.05) is 43.6 Å². The van der Waals surface area contributed by atoms with Crippen LogP contribution in [0.3, 0.4) is 0 Å². The maximum atomic E-state index is 12.8. The number of H-pyrrole nitrogens is 1. The number of nitrogens with zero attached hydrogens (tertiary/aromatic N) is 2. The third-order valence-electron chi connectivity index (χ3n) is 5.03. The molecular formula is C21H27N3O3. The van der Waals surface area contributed by atoms with Crippen molar-refractivity contribution in [2.24, 2.45) is 0 Å². The van der Waals surface area contributed by atoms with Crippen molar-refractivity contribution in [3.8, 4) is 5.75 Å². The summed E-state index contributed by atoms with van der Waals surface area (Å²) in [6, 6.07) is 7.87. The number of carbonyl (C=O) groups is 2. The van der Waals surface area contributed by atoms with Crippen LogP contribution >= 0.6 is 0 Å². The number of hydrogen-bond acceptors (Lipinski definition) is 3. The Morgan fingerprint density at radius 2 is 1.67 bits per heavy atom. The number of piperazine rings is 1. The number of aromatic amines is 1. The average molecular weight is 369 g/mol. The lowest BCUT2D eigenvalue weighted by atomic mass is 10.0. The number of methoxy groups -OCH3 is 1. The molecule has 2 amide bonds. The highest BCUT2D eigenvalue weighted by atomic mass is 16.5. The maximum Gasteiger partial charge on any atom is 0.228 e. The van der Waals surface area contributed by atoms with E-state index in [1.807, 2.05) is 48.0 Å². The number of carbonyl (C=O) groups excluding carboxylic acids is 2. The van der Waals surface area contributed by atoms with Crippen LogP contribution in [0.4, 0.5) is 0 Å². The molecule has 1 aliphatic rings. The first-order valence-corrected chi connectivity index (χ1v) is 9.30. The lowest BCUT2D eigenvalue weighted by Gasteiger charge is -2.35. The molecule has 6 heteroatoms. The van der Waals surface area contributed by atoms with Gasteiger partial charge in [-0.3, -0.25) is 9.59 Å². The minimum Gasteiger partial charge on any atom is -0.496 e. The highest BCUT2D eigenvalue weighted by molar-refractivity contribution is 5.81. The molecule has 2 aromatic rings. The monoisotopic (exact) mass is 369 g/mol. The molecule has 0 atom stereocenters. The van der Waals surface area contributed by atoms with E-state index in [0.717, 1.165) is 28.1 Å². The van der Waals surface area contributed by atoms with E-state index in [1.54, 1.807) is 7.11 Å². The number of aryl methyl sites for hydroxylation is 2. The van der Waals surface area contributed by atoms with Crippen LogP contribution < -0.4 is 4.74 Å². The molecule has 27 heavy (non-hydrogen) atoms. The van der Waals surface area contributed by atoms with Gasteiger partial charge in [0.1, 0.15) is 5.75 Å². The summed E-state index contributed by atoms with van der Waals surface area (Å²) in [7, 11) is 1.64. The summed E-state index contributed by atoms with van der Waals surface area (Å²) in [6.07, 6.45) is 2.52. The zero-order valence-corrected chi connectivity index (χ0v) is 16.2. The van der Waals surface area contributed by atoms with E-state index >= 15 is 0 Å². The fourth-order valence-electron chi connectivity index (χ4n) is 3.70. The van der Waals surface area contributed by atoms with Gasteiger partial charge >= 0.3 is 0 Å². The molecule has 1 N–H and O–H groups in total. The van der Waals surface area contributed by atoms with Crippen LogP contribution in [0.5, 0.6) is 5.75 Å². The fourth-order valence-corrected chi connectivity index (χ4v) is 3.70. The van der Waals surface area contributed by atoms with Crippen LogP contribution in [-0.4, -0.2) is 59.9 Å². The molecule has 2 heterocycles. The summed E-state index contributed by atoms with van der Waals surface area (Å²) >= 11 is 0. The first-order chi connectivity index (χ1) is 13.0. The topological polar surface area (TPSA) is 65.6 Å².